The zero-order valence-electron chi connectivity index (χ0n) is 11.6. The highest BCUT2D eigenvalue weighted by atomic mass is 35.5. The fraction of sp³-hybridized carbons (Fsp3) is 0.286. The maximum atomic E-state index is 12.2. The van der Waals surface area contributed by atoms with Crippen molar-refractivity contribution < 1.29 is 8.42 Å². The summed E-state index contributed by atoms with van der Waals surface area (Å²) < 4.78 is 27.7. The van der Waals surface area contributed by atoms with Gasteiger partial charge in [-0.15, -0.1) is 11.3 Å². The van der Waals surface area contributed by atoms with Crippen molar-refractivity contribution in [1.29, 1.82) is 0 Å². The molecule has 0 aliphatic heterocycles. The van der Waals surface area contributed by atoms with Gasteiger partial charge in [-0.1, -0.05) is 35.9 Å². The van der Waals surface area contributed by atoms with E-state index in [2.05, 4.69) is 4.72 Å². The fourth-order valence-corrected chi connectivity index (χ4v) is 4.57. The van der Waals surface area contributed by atoms with Crippen LogP contribution >= 0.6 is 22.9 Å². The third-order valence-corrected chi connectivity index (χ3v) is 6.45. The lowest BCUT2D eigenvalue weighted by atomic mass is 10.1. The van der Waals surface area contributed by atoms with Gasteiger partial charge in [-0.05, 0) is 42.6 Å². The van der Waals surface area contributed by atoms with Crippen LogP contribution in [0.2, 0.25) is 4.34 Å². The minimum Gasteiger partial charge on any atom is -0.330 e. The molecular weight excluding hydrogens is 328 g/mol. The van der Waals surface area contributed by atoms with Crippen LogP contribution in [0.25, 0.3) is 0 Å². The van der Waals surface area contributed by atoms with Crippen LogP contribution in [-0.2, 0) is 23.0 Å². The van der Waals surface area contributed by atoms with Gasteiger partial charge in [0, 0.05) is 6.54 Å². The maximum absolute atomic E-state index is 12.2. The molecule has 3 N–H and O–H groups in total. The van der Waals surface area contributed by atoms with Crippen LogP contribution in [0.15, 0.2) is 34.5 Å². The van der Waals surface area contributed by atoms with Gasteiger partial charge in [-0.25, -0.2) is 13.1 Å². The Balaban J connectivity index is 2.04. The van der Waals surface area contributed by atoms with Gasteiger partial charge in [-0.3, -0.25) is 0 Å². The summed E-state index contributed by atoms with van der Waals surface area (Å²) in [4.78, 5) is 0. The summed E-state index contributed by atoms with van der Waals surface area (Å²) in [5.41, 5.74) is 8.31. The number of thiophene rings is 1. The van der Waals surface area contributed by atoms with Gasteiger partial charge >= 0.3 is 0 Å². The summed E-state index contributed by atoms with van der Waals surface area (Å²) in [6, 6.07) is 9.31. The monoisotopic (exact) mass is 344 g/mol. The predicted octanol–water partition coefficient (Wildman–Crippen LogP) is 2.69. The van der Waals surface area contributed by atoms with Crippen molar-refractivity contribution in [2.75, 3.05) is 6.54 Å². The molecule has 4 nitrogen and oxygen atoms in total. The van der Waals surface area contributed by atoms with Crippen molar-refractivity contribution in [3.8, 4) is 0 Å². The fourth-order valence-electron chi connectivity index (χ4n) is 1.80. The summed E-state index contributed by atoms with van der Waals surface area (Å²) in [5.74, 6) is 0. The minimum absolute atomic E-state index is 0.241. The van der Waals surface area contributed by atoms with Gasteiger partial charge in [-0.2, -0.15) is 0 Å². The smallest absolute Gasteiger partial charge is 0.250 e. The first-order valence-electron chi connectivity index (χ1n) is 6.46. The summed E-state index contributed by atoms with van der Waals surface area (Å²) in [6.07, 6.45) is 0.818. The van der Waals surface area contributed by atoms with Crippen molar-refractivity contribution >= 4 is 33.0 Å². The lowest BCUT2D eigenvalue weighted by molar-refractivity contribution is 0.583. The average Bonchev–Trinajstić information content (AvgIpc) is 2.79. The average molecular weight is 345 g/mol. The maximum Gasteiger partial charge on any atom is 0.250 e. The number of benzene rings is 1. The first-order chi connectivity index (χ1) is 9.92. The highest BCUT2D eigenvalue weighted by molar-refractivity contribution is 7.91. The molecule has 0 saturated carbocycles. The van der Waals surface area contributed by atoms with E-state index in [9.17, 15) is 8.42 Å². The number of nitrogens with two attached hydrogens (primary N) is 1. The predicted molar refractivity (Wildman–Crippen MR) is 87.3 cm³/mol. The molecule has 0 amide bonds. The normalized spacial score (nSPS) is 11.8. The SMILES string of the molecule is Cc1cc(S(=O)(=O)NCc2ccc(CCN)cc2)sc1Cl. The standard InChI is InChI=1S/C14H17ClN2O2S2/c1-10-8-13(20-14(10)15)21(18,19)17-9-12-4-2-11(3-5-12)6-7-16/h2-5,8,17H,6-7,9,16H2,1H3. The molecule has 7 heteroatoms. The second-order valence-corrected chi connectivity index (χ2v) is 8.35. The van der Waals surface area contributed by atoms with E-state index < -0.39 is 10.0 Å². The molecule has 0 atom stereocenters. The van der Waals surface area contributed by atoms with Crippen LogP contribution in [0.5, 0.6) is 0 Å². The number of hydrogen-bond donors (Lipinski definition) is 2. The van der Waals surface area contributed by atoms with Gasteiger partial charge in [0.25, 0.3) is 0 Å². The van der Waals surface area contributed by atoms with E-state index in [1.807, 2.05) is 24.3 Å². The van der Waals surface area contributed by atoms with Crippen molar-refractivity contribution in [1.82, 2.24) is 4.72 Å². The Morgan fingerprint density at radius 2 is 1.86 bits per heavy atom. The van der Waals surface area contributed by atoms with Crippen LogP contribution in [0.1, 0.15) is 16.7 Å². The first-order valence-corrected chi connectivity index (χ1v) is 9.13. The Bertz CT molecular complexity index is 690. The molecular formula is C14H17ClN2O2S2. The zero-order chi connectivity index (χ0) is 15.5. The highest BCUT2D eigenvalue weighted by Crippen LogP contribution is 2.29. The van der Waals surface area contributed by atoms with E-state index in [-0.39, 0.29) is 10.8 Å². The van der Waals surface area contributed by atoms with E-state index in [0.29, 0.717) is 10.9 Å². The third-order valence-electron chi connectivity index (χ3n) is 3.02. The molecule has 1 aromatic heterocycles. The van der Waals surface area contributed by atoms with Crippen LogP contribution in [-0.4, -0.2) is 15.0 Å². The van der Waals surface area contributed by atoms with Gasteiger partial charge in [0.1, 0.15) is 4.21 Å². The summed E-state index contributed by atoms with van der Waals surface area (Å²) in [5, 5.41) is 0. The molecule has 1 aromatic carbocycles. The first kappa shape index (κ1) is 16.5. The van der Waals surface area contributed by atoms with Crippen LogP contribution in [0, 0.1) is 6.92 Å². The Morgan fingerprint density at radius 1 is 1.24 bits per heavy atom. The van der Waals surface area contributed by atoms with E-state index in [1.165, 1.54) is 0 Å². The van der Waals surface area contributed by atoms with Crippen molar-refractivity contribution in [2.24, 2.45) is 5.73 Å². The lowest BCUT2D eigenvalue weighted by Gasteiger charge is -2.06. The van der Waals surface area contributed by atoms with E-state index in [1.54, 1.807) is 13.0 Å². The highest BCUT2D eigenvalue weighted by Gasteiger charge is 2.18. The molecule has 0 aliphatic carbocycles. The van der Waals surface area contributed by atoms with Crippen molar-refractivity contribution in [3.63, 3.8) is 0 Å². The Morgan fingerprint density at radius 3 is 2.38 bits per heavy atom. The third kappa shape index (κ3) is 4.28. The molecule has 0 aliphatic rings. The number of nitrogens with one attached hydrogen (secondary N) is 1. The molecule has 21 heavy (non-hydrogen) atoms. The van der Waals surface area contributed by atoms with Crippen LogP contribution < -0.4 is 10.5 Å². The molecule has 2 aromatic rings. The summed E-state index contributed by atoms with van der Waals surface area (Å²) in [6.45, 7) is 2.64. The van der Waals surface area contributed by atoms with Crippen LogP contribution in [0.4, 0.5) is 0 Å². The molecule has 114 valence electrons. The quantitative estimate of drug-likeness (QED) is 0.846. The largest absolute Gasteiger partial charge is 0.330 e. The molecule has 2 rings (SSSR count). The number of rotatable bonds is 6. The molecule has 0 saturated heterocycles. The topological polar surface area (TPSA) is 72.2 Å². The van der Waals surface area contributed by atoms with Crippen molar-refractivity contribution in [2.45, 2.75) is 24.1 Å². The summed E-state index contributed by atoms with van der Waals surface area (Å²) >= 11 is 6.98. The van der Waals surface area contributed by atoms with Gasteiger partial charge in [0.2, 0.25) is 10.0 Å². The second-order valence-electron chi connectivity index (χ2n) is 4.70. The van der Waals surface area contributed by atoms with Gasteiger partial charge in [0.05, 0.1) is 4.34 Å². The molecule has 0 unspecified atom stereocenters. The molecule has 0 spiro atoms. The van der Waals surface area contributed by atoms with E-state index in [4.69, 9.17) is 17.3 Å². The molecule has 0 fully saturated rings. The van der Waals surface area contributed by atoms with E-state index >= 15 is 0 Å². The van der Waals surface area contributed by atoms with Crippen molar-refractivity contribution in [3.05, 3.63) is 51.4 Å². The minimum atomic E-state index is -3.52. The number of aryl methyl sites for hydroxylation is 1. The Hall–Kier alpha value is -0.920. The number of sulfonamides is 1. The Kier molecular flexibility index (Phi) is 5.40. The Labute approximate surface area is 134 Å². The second kappa shape index (κ2) is 6.89. The molecule has 0 radical (unpaired) electrons. The van der Waals surface area contributed by atoms with Gasteiger partial charge in [0.15, 0.2) is 0 Å². The summed E-state index contributed by atoms with van der Waals surface area (Å²) in [7, 11) is -3.52. The van der Waals surface area contributed by atoms with Crippen LogP contribution in [0.3, 0.4) is 0 Å². The molecule has 0 bridgehead atoms. The number of hydrogen-bond acceptors (Lipinski definition) is 4. The number of halogens is 1. The van der Waals surface area contributed by atoms with Gasteiger partial charge < -0.3 is 5.73 Å². The molecule has 1 heterocycles. The van der Waals surface area contributed by atoms with E-state index in [0.717, 1.165) is 34.4 Å². The zero-order valence-corrected chi connectivity index (χ0v) is 14.0. The lowest BCUT2D eigenvalue weighted by Crippen LogP contribution is -2.22.